The molecule has 1 heterocycles. The molecule has 0 aliphatic rings. The molecule has 6 nitrogen and oxygen atoms in total. The number of hydrogen-bond acceptors (Lipinski definition) is 4. The normalized spacial score (nSPS) is 12.2. The van der Waals surface area contributed by atoms with Crippen LogP contribution in [0.2, 0.25) is 0 Å². The lowest BCUT2D eigenvalue weighted by Gasteiger charge is -2.14. The number of ether oxygens (including phenoxy) is 1. The average Bonchev–Trinajstić information content (AvgIpc) is 2.89. The summed E-state index contributed by atoms with van der Waals surface area (Å²) in [6.07, 6.45) is -0.771. The minimum Gasteiger partial charge on any atom is -0.491 e. The average molecular weight is 406 g/mol. The SMILES string of the molecule is CC(C)NCc1ccc(OCC(O)c2ccc3c(c2)n(C)c(=O)n3C)cc1.Cl. The summed E-state index contributed by atoms with van der Waals surface area (Å²) in [5.41, 5.74) is 3.46. The van der Waals surface area contributed by atoms with Gasteiger partial charge in [-0.2, -0.15) is 0 Å². The molecule has 0 saturated carbocycles. The van der Waals surface area contributed by atoms with Crippen LogP contribution < -0.4 is 15.7 Å². The first-order valence-corrected chi connectivity index (χ1v) is 9.15. The van der Waals surface area contributed by atoms with Gasteiger partial charge in [0, 0.05) is 26.7 Å². The van der Waals surface area contributed by atoms with E-state index in [1.54, 1.807) is 23.2 Å². The third kappa shape index (κ3) is 4.76. The molecule has 0 aliphatic carbocycles. The lowest BCUT2D eigenvalue weighted by Crippen LogP contribution is -2.21. The first kappa shape index (κ1) is 22.0. The number of fused-ring (bicyclic) bond motifs is 1. The molecule has 152 valence electrons. The maximum absolute atomic E-state index is 12.0. The van der Waals surface area contributed by atoms with E-state index in [1.807, 2.05) is 42.5 Å². The van der Waals surface area contributed by atoms with Gasteiger partial charge >= 0.3 is 5.69 Å². The van der Waals surface area contributed by atoms with Crippen LogP contribution in [-0.4, -0.2) is 26.9 Å². The van der Waals surface area contributed by atoms with E-state index in [-0.39, 0.29) is 24.7 Å². The third-order valence-electron chi connectivity index (χ3n) is 4.73. The first-order chi connectivity index (χ1) is 12.9. The maximum Gasteiger partial charge on any atom is 0.328 e. The van der Waals surface area contributed by atoms with Gasteiger partial charge in [-0.1, -0.05) is 32.0 Å². The fourth-order valence-corrected chi connectivity index (χ4v) is 3.03. The molecule has 3 aromatic rings. The fourth-order valence-electron chi connectivity index (χ4n) is 3.03. The Morgan fingerprint density at radius 3 is 2.32 bits per heavy atom. The minimum absolute atomic E-state index is 0. The molecule has 1 atom stereocenters. The summed E-state index contributed by atoms with van der Waals surface area (Å²) < 4.78 is 8.90. The van der Waals surface area contributed by atoms with Gasteiger partial charge in [0.05, 0.1) is 11.0 Å². The molecule has 0 amide bonds. The quantitative estimate of drug-likeness (QED) is 0.634. The van der Waals surface area contributed by atoms with Crippen molar-refractivity contribution in [1.29, 1.82) is 0 Å². The van der Waals surface area contributed by atoms with Crippen molar-refractivity contribution in [1.82, 2.24) is 14.5 Å². The van der Waals surface area contributed by atoms with Crippen molar-refractivity contribution in [2.75, 3.05) is 6.61 Å². The number of aromatic nitrogens is 2. The smallest absolute Gasteiger partial charge is 0.328 e. The second kappa shape index (κ2) is 9.28. The molecule has 0 aliphatic heterocycles. The van der Waals surface area contributed by atoms with Crippen molar-refractivity contribution < 1.29 is 9.84 Å². The van der Waals surface area contributed by atoms with E-state index in [0.29, 0.717) is 6.04 Å². The molecule has 0 fully saturated rings. The van der Waals surface area contributed by atoms with E-state index in [4.69, 9.17) is 4.74 Å². The highest BCUT2D eigenvalue weighted by atomic mass is 35.5. The van der Waals surface area contributed by atoms with Gasteiger partial charge in [0.2, 0.25) is 0 Å². The monoisotopic (exact) mass is 405 g/mol. The van der Waals surface area contributed by atoms with E-state index < -0.39 is 6.10 Å². The Morgan fingerprint density at radius 1 is 1.04 bits per heavy atom. The number of nitrogens with one attached hydrogen (secondary N) is 1. The first-order valence-electron chi connectivity index (χ1n) is 9.15. The number of rotatable bonds is 7. The molecule has 2 N–H and O–H groups in total. The number of aryl methyl sites for hydroxylation is 2. The van der Waals surface area contributed by atoms with Gasteiger partial charge in [0.1, 0.15) is 18.5 Å². The highest BCUT2D eigenvalue weighted by molar-refractivity contribution is 5.85. The number of nitrogens with zero attached hydrogens (tertiary/aromatic N) is 2. The van der Waals surface area contributed by atoms with Crippen LogP contribution in [0.3, 0.4) is 0 Å². The van der Waals surface area contributed by atoms with Gasteiger partial charge < -0.3 is 15.2 Å². The number of aliphatic hydroxyl groups excluding tert-OH is 1. The molecule has 0 saturated heterocycles. The van der Waals surface area contributed by atoms with Gasteiger partial charge in [-0.3, -0.25) is 9.13 Å². The van der Waals surface area contributed by atoms with Crippen LogP contribution in [0.15, 0.2) is 47.3 Å². The molecule has 0 bridgehead atoms. The summed E-state index contributed by atoms with van der Waals surface area (Å²) in [5, 5.41) is 13.8. The Balaban J connectivity index is 0.00000280. The number of imidazole rings is 1. The lowest BCUT2D eigenvalue weighted by molar-refractivity contribution is 0.108. The van der Waals surface area contributed by atoms with Crippen molar-refractivity contribution in [3.8, 4) is 5.75 Å². The highest BCUT2D eigenvalue weighted by Gasteiger charge is 2.13. The van der Waals surface area contributed by atoms with Crippen LogP contribution >= 0.6 is 12.4 Å². The van der Waals surface area contributed by atoms with E-state index in [9.17, 15) is 9.90 Å². The molecule has 1 unspecified atom stereocenters. The Kier molecular flexibility index (Phi) is 7.29. The topological polar surface area (TPSA) is 68.4 Å². The van der Waals surface area contributed by atoms with Crippen molar-refractivity contribution >= 4 is 23.4 Å². The standard InChI is InChI=1S/C21H27N3O3.ClH/c1-14(2)22-12-15-5-8-17(9-6-15)27-13-20(25)16-7-10-18-19(11-16)24(4)21(26)23(18)3;/h5-11,14,20,22,25H,12-13H2,1-4H3;1H. The Labute approximate surface area is 171 Å². The summed E-state index contributed by atoms with van der Waals surface area (Å²) in [5.74, 6) is 0.718. The zero-order valence-electron chi connectivity index (χ0n) is 16.7. The predicted molar refractivity (Wildman–Crippen MR) is 114 cm³/mol. The summed E-state index contributed by atoms with van der Waals surface area (Å²) in [6, 6.07) is 13.8. The van der Waals surface area contributed by atoms with Crippen LogP contribution in [0.25, 0.3) is 11.0 Å². The van der Waals surface area contributed by atoms with Crippen molar-refractivity contribution in [3.63, 3.8) is 0 Å². The van der Waals surface area contributed by atoms with E-state index >= 15 is 0 Å². The molecule has 0 spiro atoms. The second-order valence-electron chi connectivity index (χ2n) is 7.16. The molecular formula is C21H28ClN3O3. The van der Waals surface area contributed by atoms with Crippen LogP contribution in [0.1, 0.15) is 31.1 Å². The van der Waals surface area contributed by atoms with Gasteiger partial charge in [0.15, 0.2) is 0 Å². The van der Waals surface area contributed by atoms with Gasteiger partial charge in [-0.25, -0.2) is 4.79 Å². The minimum atomic E-state index is -0.771. The van der Waals surface area contributed by atoms with Crippen molar-refractivity contribution in [3.05, 3.63) is 64.1 Å². The number of benzene rings is 2. The Bertz CT molecular complexity index is 977. The molecular weight excluding hydrogens is 378 g/mol. The molecule has 0 radical (unpaired) electrons. The molecule has 7 heteroatoms. The molecule has 28 heavy (non-hydrogen) atoms. The third-order valence-corrected chi connectivity index (χ3v) is 4.73. The Hall–Kier alpha value is -2.28. The van der Waals surface area contributed by atoms with Crippen molar-refractivity contribution in [2.24, 2.45) is 14.1 Å². The van der Waals surface area contributed by atoms with E-state index in [0.717, 1.165) is 28.9 Å². The van der Waals surface area contributed by atoms with Gasteiger partial charge in [0.25, 0.3) is 0 Å². The molecule has 3 rings (SSSR count). The van der Waals surface area contributed by atoms with E-state index in [1.165, 1.54) is 5.56 Å². The van der Waals surface area contributed by atoms with Gasteiger partial charge in [-0.15, -0.1) is 12.4 Å². The van der Waals surface area contributed by atoms with E-state index in [2.05, 4.69) is 19.2 Å². The zero-order chi connectivity index (χ0) is 19.6. The van der Waals surface area contributed by atoms with Gasteiger partial charge in [-0.05, 0) is 35.4 Å². The summed E-state index contributed by atoms with van der Waals surface area (Å²) >= 11 is 0. The zero-order valence-corrected chi connectivity index (χ0v) is 17.5. The Morgan fingerprint density at radius 2 is 1.68 bits per heavy atom. The summed E-state index contributed by atoms with van der Waals surface area (Å²) in [7, 11) is 3.47. The molecule has 1 aromatic heterocycles. The predicted octanol–water partition coefficient (Wildman–Crippen LogP) is 2.91. The maximum atomic E-state index is 12.0. The number of halogens is 1. The summed E-state index contributed by atoms with van der Waals surface area (Å²) in [6.45, 7) is 5.19. The number of hydrogen-bond donors (Lipinski definition) is 2. The second-order valence-corrected chi connectivity index (χ2v) is 7.16. The fraction of sp³-hybridized carbons (Fsp3) is 0.381. The molecule has 2 aromatic carbocycles. The van der Waals surface area contributed by atoms with Crippen LogP contribution in [0.5, 0.6) is 5.75 Å². The lowest BCUT2D eigenvalue weighted by atomic mass is 10.1. The van der Waals surface area contributed by atoms with Crippen molar-refractivity contribution in [2.45, 2.75) is 32.5 Å². The highest BCUT2D eigenvalue weighted by Crippen LogP contribution is 2.21. The van der Waals surface area contributed by atoms with Crippen LogP contribution in [-0.2, 0) is 20.6 Å². The largest absolute Gasteiger partial charge is 0.491 e. The van der Waals surface area contributed by atoms with Crippen LogP contribution in [0.4, 0.5) is 0 Å². The summed E-state index contributed by atoms with van der Waals surface area (Å²) in [4.78, 5) is 12.0. The van der Waals surface area contributed by atoms with Crippen LogP contribution in [0, 0.1) is 0 Å². The number of aliphatic hydroxyl groups is 1.